The van der Waals surface area contributed by atoms with Crippen molar-refractivity contribution in [1.29, 1.82) is 5.26 Å². The van der Waals surface area contributed by atoms with Gasteiger partial charge in [0.05, 0.1) is 4.47 Å². The van der Waals surface area contributed by atoms with E-state index >= 15 is 0 Å². The van der Waals surface area contributed by atoms with Crippen LogP contribution < -0.4 is 9.64 Å². The summed E-state index contributed by atoms with van der Waals surface area (Å²) in [6.07, 6.45) is 4.07. The lowest BCUT2D eigenvalue weighted by atomic mass is 10.0. The predicted molar refractivity (Wildman–Crippen MR) is 165 cm³/mol. The summed E-state index contributed by atoms with van der Waals surface area (Å²) < 4.78 is 7.09. The molecule has 1 heterocycles. The highest BCUT2D eigenvalue weighted by Crippen LogP contribution is 2.34. The van der Waals surface area contributed by atoms with E-state index in [9.17, 15) is 10.1 Å². The number of carbonyl (C=O) groups excluding carboxylic acids is 1. The molecule has 0 radical (unpaired) electrons. The van der Waals surface area contributed by atoms with E-state index in [1.54, 1.807) is 11.0 Å². The molecule has 1 amide bonds. The summed E-state index contributed by atoms with van der Waals surface area (Å²) in [5.41, 5.74) is 4.05. The molecular weight excluding hydrogens is 562 g/mol. The smallest absolute Gasteiger partial charge is 0.264 e. The number of piperazine rings is 1. The molecule has 1 fully saturated rings. The van der Waals surface area contributed by atoms with Crippen LogP contribution >= 0.6 is 15.9 Å². The minimum atomic E-state index is -0.243. The molecule has 0 spiro atoms. The molecule has 5 rings (SSSR count). The Morgan fingerprint density at radius 1 is 0.950 bits per heavy atom. The van der Waals surface area contributed by atoms with Crippen LogP contribution in [-0.4, -0.2) is 37.0 Å². The van der Waals surface area contributed by atoms with Crippen LogP contribution in [0.25, 0.3) is 16.8 Å². The van der Waals surface area contributed by atoms with Gasteiger partial charge in [-0.2, -0.15) is 5.26 Å². The van der Waals surface area contributed by atoms with Crippen molar-refractivity contribution in [2.24, 2.45) is 0 Å². The Morgan fingerprint density at radius 2 is 1.68 bits per heavy atom. The van der Waals surface area contributed by atoms with E-state index in [1.807, 2.05) is 54.6 Å². The highest BCUT2D eigenvalue weighted by atomic mass is 79.9. The zero-order valence-corrected chi connectivity index (χ0v) is 23.8. The molecule has 6 heteroatoms. The molecule has 5 nitrogen and oxygen atoms in total. The first-order chi connectivity index (χ1) is 19.6. The molecule has 40 heavy (non-hydrogen) atoms. The monoisotopic (exact) mass is 591 g/mol. The first kappa shape index (κ1) is 27.2. The van der Waals surface area contributed by atoms with Crippen LogP contribution in [0.15, 0.2) is 108 Å². The van der Waals surface area contributed by atoms with Crippen LogP contribution in [-0.2, 0) is 17.8 Å². The summed E-state index contributed by atoms with van der Waals surface area (Å²) in [4.78, 5) is 17.3. The second-order valence-corrected chi connectivity index (χ2v) is 10.5. The van der Waals surface area contributed by atoms with Crippen LogP contribution in [0.3, 0.4) is 0 Å². The summed E-state index contributed by atoms with van der Waals surface area (Å²) in [6, 6.07) is 30.6. The van der Waals surface area contributed by atoms with Crippen LogP contribution in [0.5, 0.6) is 5.75 Å². The third-order valence-corrected chi connectivity index (χ3v) is 7.70. The van der Waals surface area contributed by atoms with Gasteiger partial charge in [0.15, 0.2) is 0 Å². The summed E-state index contributed by atoms with van der Waals surface area (Å²) >= 11 is 3.67. The maximum atomic E-state index is 13.3. The van der Waals surface area contributed by atoms with Gasteiger partial charge in [-0.05, 0) is 80.2 Å². The maximum absolute atomic E-state index is 13.3. The highest BCUT2D eigenvalue weighted by molar-refractivity contribution is 9.10. The van der Waals surface area contributed by atoms with Crippen molar-refractivity contribution in [2.75, 3.05) is 31.1 Å². The topological polar surface area (TPSA) is 56.6 Å². The van der Waals surface area contributed by atoms with Crippen LogP contribution in [0.1, 0.15) is 16.7 Å². The number of allylic oxidation sites excluding steroid dienone is 1. The zero-order valence-electron chi connectivity index (χ0n) is 22.2. The average molecular weight is 593 g/mol. The average Bonchev–Trinajstić information content (AvgIpc) is 3.00. The second-order valence-electron chi connectivity index (χ2n) is 9.70. The highest BCUT2D eigenvalue weighted by Gasteiger charge is 2.24. The number of rotatable bonds is 8. The molecule has 0 atom stereocenters. The molecule has 0 aromatic heterocycles. The lowest BCUT2D eigenvalue weighted by molar-refractivity contribution is -0.126. The van der Waals surface area contributed by atoms with Crippen LogP contribution in [0.4, 0.5) is 5.69 Å². The fraction of sp³-hybridized carbons (Fsp3) is 0.176. The Kier molecular flexibility index (Phi) is 8.63. The molecule has 0 saturated carbocycles. The minimum absolute atomic E-state index is 0.119. The van der Waals surface area contributed by atoms with Crippen molar-refractivity contribution in [1.82, 2.24) is 4.90 Å². The van der Waals surface area contributed by atoms with Crippen LogP contribution in [0.2, 0.25) is 0 Å². The van der Waals surface area contributed by atoms with Crippen molar-refractivity contribution in [2.45, 2.75) is 13.0 Å². The van der Waals surface area contributed by atoms with Crippen molar-refractivity contribution in [3.05, 3.63) is 124 Å². The fourth-order valence-electron chi connectivity index (χ4n) is 5.08. The van der Waals surface area contributed by atoms with Gasteiger partial charge >= 0.3 is 0 Å². The van der Waals surface area contributed by atoms with Gasteiger partial charge in [0.25, 0.3) is 5.91 Å². The number of carbonyl (C=O) groups is 1. The van der Waals surface area contributed by atoms with E-state index in [-0.39, 0.29) is 11.5 Å². The van der Waals surface area contributed by atoms with E-state index < -0.39 is 0 Å². The van der Waals surface area contributed by atoms with Gasteiger partial charge in [0, 0.05) is 31.9 Å². The summed E-state index contributed by atoms with van der Waals surface area (Å²) in [7, 11) is 0. The number of fused-ring (bicyclic) bond motifs is 1. The molecule has 200 valence electrons. The Bertz CT molecular complexity index is 1590. The minimum Gasteiger partial charge on any atom is -0.487 e. The molecular formula is C34H30BrN3O2. The van der Waals surface area contributed by atoms with E-state index in [0.29, 0.717) is 26.1 Å². The van der Waals surface area contributed by atoms with Gasteiger partial charge in [-0.1, -0.05) is 66.7 Å². The quantitative estimate of drug-likeness (QED) is 0.124. The van der Waals surface area contributed by atoms with E-state index in [2.05, 4.69) is 69.9 Å². The Labute approximate surface area is 243 Å². The van der Waals surface area contributed by atoms with Crippen molar-refractivity contribution in [3.63, 3.8) is 0 Å². The number of nitrogens with zero attached hydrogens (tertiary/aromatic N) is 3. The van der Waals surface area contributed by atoms with Gasteiger partial charge in [0.2, 0.25) is 0 Å². The summed E-state index contributed by atoms with van der Waals surface area (Å²) in [5, 5.41) is 12.2. The standard InChI is InChI=1S/C34H30BrN3O2/c1-2-9-27-20-25(22-32(35)33(27)40-24-28-12-8-11-26-10-6-7-15-31(26)28)21-29(23-36)34(39)38-18-16-37(17-19-38)30-13-4-3-5-14-30/h2-8,10-15,20-22H,1,9,16-19,24H2/b29-21-. The number of nitriles is 1. The number of halogens is 1. The first-order valence-corrected chi connectivity index (χ1v) is 14.1. The number of benzene rings is 4. The third kappa shape index (κ3) is 6.11. The van der Waals surface area contributed by atoms with Gasteiger partial charge < -0.3 is 14.5 Å². The summed E-state index contributed by atoms with van der Waals surface area (Å²) in [6.45, 7) is 6.91. The van der Waals surface area contributed by atoms with Gasteiger partial charge in [-0.25, -0.2) is 0 Å². The normalized spacial score (nSPS) is 13.7. The molecule has 0 unspecified atom stereocenters. The van der Waals surface area contributed by atoms with Gasteiger partial charge in [-0.15, -0.1) is 6.58 Å². The van der Waals surface area contributed by atoms with Gasteiger partial charge in [-0.3, -0.25) is 4.79 Å². The fourth-order valence-corrected chi connectivity index (χ4v) is 5.71. The number of anilines is 1. The Morgan fingerprint density at radius 3 is 2.42 bits per heavy atom. The molecule has 1 aliphatic rings. The predicted octanol–water partition coefficient (Wildman–Crippen LogP) is 7.17. The van der Waals surface area contributed by atoms with Crippen LogP contribution in [0, 0.1) is 11.3 Å². The largest absolute Gasteiger partial charge is 0.487 e. The van der Waals surface area contributed by atoms with Crippen molar-refractivity contribution in [3.8, 4) is 11.8 Å². The third-order valence-electron chi connectivity index (χ3n) is 7.11. The number of hydrogen-bond acceptors (Lipinski definition) is 4. The SMILES string of the molecule is C=CCc1cc(/C=C(/C#N)C(=O)N2CCN(c3ccccc3)CC2)cc(Br)c1OCc1cccc2ccccc12. The molecule has 0 bridgehead atoms. The van der Waals surface area contributed by atoms with E-state index in [4.69, 9.17) is 4.74 Å². The first-order valence-electron chi connectivity index (χ1n) is 13.3. The summed E-state index contributed by atoms with van der Waals surface area (Å²) in [5.74, 6) is 0.486. The van der Waals surface area contributed by atoms with Gasteiger partial charge in [0.1, 0.15) is 24.0 Å². The lowest BCUT2D eigenvalue weighted by Gasteiger charge is -2.36. The number of ether oxygens (including phenoxy) is 1. The molecule has 0 N–H and O–H groups in total. The lowest BCUT2D eigenvalue weighted by Crippen LogP contribution is -2.49. The van der Waals surface area contributed by atoms with Crippen molar-refractivity contribution >= 4 is 44.4 Å². The second kappa shape index (κ2) is 12.7. The Balaban J connectivity index is 1.33. The number of para-hydroxylation sites is 1. The molecule has 4 aromatic carbocycles. The molecule has 0 aliphatic carbocycles. The van der Waals surface area contributed by atoms with Crippen molar-refractivity contribution < 1.29 is 9.53 Å². The Hall–Kier alpha value is -4.34. The van der Waals surface area contributed by atoms with E-state index in [1.165, 1.54) is 5.39 Å². The molecule has 1 saturated heterocycles. The maximum Gasteiger partial charge on any atom is 0.264 e. The molecule has 1 aliphatic heterocycles. The zero-order chi connectivity index (χ0) is 27.9. The molecule has 4 aromatic rings. The number of amides is 1. The van der Waals surface area contributed by atoms with E-state index in [0.717, 1.165) is 51.1 Å². The number of hydrogen-bond donors (Lipinski definition) is 0.